The molecule has 9 nitrogen and oxygen atoms in total. The minimum Gasteiger partial charge on any atom is -0.339 e. The highest BCUT2D eigenvalue weighted by Gasteiger charge is 2.13. The first kappa shape index (κ1) is 18.4. The van der Waals surface area contributed by atoms with Crippen LogP contribution in [0.5, 0.6) is 0 Å². The van der Waals surface area contributed by atoms with Gasteiger partial charge in [0.2, 0.25) is 5.91 Å². The first-order valence-corrected chi connectivity index (χ1v) is 9.33. The van der Waals surface area contributed by atoms with E-state index in [-0.39, 0.29) is 16.8 Å². The molecule has 0 radical (unpaired) electrons. The molecule has 3 heterocycles. The summed E-state index contributed by atoms with van der Waals surface area (Å²) in [7, 11) is -3.94. The Morgan fingerprint density at radius 3 is 2.56 bits per heavy atom. The van der Waals surface area contributed by atoms with Gasteiger partial charge in [-0.25, -0.2) is 23.5 Å². The number of nitrogens with two attached hydrogens (primary N) is 1. The molecular weight excluding hydrogens is 368 g/mol. The predicted octanol–water partition coefficient (Wildman–Crippen LogP) is 1.89. The van der Waals surface area contributed by atoms with E-state index in [1.807, 2.05) is 6.07 Å². The lowest BCUT2D eigenvalue weighted by Crippen LogP contribution is -2.14. The van der Waals surface area contributed by atoms with Gasteiger partial charge in [0.05, 0.1) is 11.4 Å². The highest BCUT2D eigenvalue weighted by atomic mass is 32.2. The number of sulfonamides is 1. The standard InChI is InChI=1S/C17H16N6O3S/c1-11(24)21-16-9-14(12(10-20-16)13-5-2-3-8-19-13)22-15-6-4-7-17(23-15)27(18,25)26/h2-10H,1H3,(H2,18,25,26)(H2,20,21,22,23,24). The molecule has 0 saturated heterocycles. The average molecular weight is 384 g/mol. The number of amides is 1. The Bertz CT molecular complexity index is 1090. The number of hydrogen-bond donors (Lipinski definition) is 3. The van der Waals surface area contributed by atoms with Gasteiger partial charge in [-0.3, -0.25) is 9.78 Å². The predicted molar refractivity (Wildman–Crippen MR) is 101 cm³/mol. The number of carbonyl (C=O) groups excluding carboxylic acids is 1. The zero-order valence-corrected chi connectivity index (χ0v) is 15.1. The van der Waals surface area contributed by atoms with Gasteiger partial charge < -0.3 is 10.6 Å². The quantitative estimate of drug-likeness (QED) is 0.610. The van der Waals surface area contributed by atoms with E-state index in [0.29, 0.717) is 22.8 Å². The SMILES string of the molecule is CC(=O)Nc1cc(Nc2cccc(S(N)(=O)=O)n2)c(-c2ccccn2)cn1. The fourth-order valence-electron chi connectivity index (χ4n) is 2.31. The van der Waals surface area contributed by atoms with E-state index < -0.39 is 10.0 Å². The number of nitrogens with one attached hydrogen (secondary N) is 2. The fraction of sp³-hybridized carbons (Fsp3) is 0.0588. The van der Waals surface area contributed by atoms with Gasteiger partial charge in [-0.2, -0.15) is 0 Å². The third kappa shape index (κ3) is 4.63. The van der Waals surface area contributed by atoms with Crippen LogP contribution in [0.1, 0.15) is 6.92 Å². The third-order valence-electron chi connectivity index (χ3n) is 3.43. The second-order valence-corrected chi connectivity index (χ2v) is 7.05. The maximum absolute atomic E-state index is 11.5. The van der Waals surface area contributed by atoms with Gasteiger partial charge in [-0.15, -0.1) is 0 Å². The molecule has 3 aromatic heterocycles. The monoisotopic (exact) mass is 384 g/mol. The first-order valence-electron chi connectivity index (χ1n) is 7.79. The van der Waals surface area contributed by atoms with Gasteiger partial charge in [0, 0.05) is 30.9 Å². The molecule has 0 aliphatic carbocycles. The van der Waals surface area contributed by atoms with Crippen LogP contribution in [0, 0.1) is 0 Å². The second kappa shape index (κ2) is 7.48. The molecule has 0 aliphatic heterocycles. The highest BCUT2D eigenvalue weighted by molar-refractivity contribution is 7.89. The number of aromatic nitrogens is 3. The van der Waals surface area contributed by atoms with E-state index in [4.69, 9.17) is 5.14 Å². The highest BCUT2D eigenvalue weighted by Crippen LogP contribution is 2.30. The van der Waals surface area contributed by atoms with E-state index in [0.717, 1.165) is 0 Å². The van der Waals surface area contributed by atoms with Crippen molar-refractivity contribution >= 4 is 33.3 Å². The molecule has 27 heavy (non-hydrogen) atoms. The first-order chi connectivity index (χ1) is 12.8. The minimum absolute atomic E-state index is 0.261. The lowest BCUT2D eigenvalue weighted by atomic mass is 10.1. The molecule has 3 rings (SSSR count). The molecular formula is C17H16N6O3S. The maximum Gasteiger partial charge on any atom is 0.255 e. The third-order valence-corrected chi connectivity index (χ3v) is 4.24. The van der Waals surface area contributed by atoms with Gasteiger partial charge in [-0.1, -0.05) is 12.1 Å². The smallest absolute Gasteiger partial charge is 0.255 e. The van der Waals surface area contributed by atoms with Crippen molar-refractivity contribution in [2.75, 3.05) is 10.6 Å². The van der Waals surface area contributed by atoms with Crippen LogP contribution in [-0.2, 0) is 14.8 Å². The fourth-order valence-corrected chi connectivity index (χ4v) is 2.81. The molecule has 138 valence electrons. The molecule has 0 saturated carbocycles. The largest absolute Gasteiger partial charge is 0.339 e. The van der Waals surface area contributed by atoms with E-state index in [2.05, 4.69) is 25.6 Å². The molecule has 0 aliphatic rings. The zero-order valence-electron chi connectivity index (χ0n) is 14.2. The van der Waals surface area contributed by atoms with Crippen LogP contribution in [0.3, 0.4) is 0 Å². The lowest BCUT2D eigenvalue weighted by molar-refractivity contribution is -0.114. The Morgan fingerprint density at radius 1 is 1.07 bits per heavy atom. The summed E-state index contributed by atoms with van der Waals surface area (Å²) in [5.74, 6) is 0.319. The Hall–Kier alpha value is -3.37. The van der Waals surface area contributed by atoms with Crippen molar-refractivity contribution in [1.82, 2.24) is 15.0 Å². The lowest BCUT2D eigenvalue weighted by Gasteiger charge is -2.13. The molecule has 0 bridgehead atoms. The Morgan fingerprint density at radius 2 is 1.89 bits per heavy atom. The zero-order chi connectivity index (χ0) is 19.4. The number of anilines is 3. The molecule has 0 fully saturated rings. The van der Waals surface area contributed by atoms with Crippen LogP contribution >= 0.6 is 0 Å². The summed E-state index contributed by atoms with van der Waals surface area (Å²) < 4.78 is 23.0. The van der Waals surface area contributed by atoms with Crippen LogP contribution in [0.2, 0.25) is 0 Å². The summed E-state index contributed by atoms with van der Waals surface area (Å²) in [6, 6.07) is 11.4. The molecule has 0 spiro atoms. The van der Waals surface area contributed by atoms with E-state index in [1.165, 1.54) is 19.1 Å². The topological polar surface area (TPSA) is 140 Å². The maximum atomic E-state index is 11.5. The molecule has 1 amide bonds. The van der Waals surface area contributed by atoms with E-state index in [1.54, 1.807) is 36.7 Å². The van der Waals surface area contributed by atoms with Crippen molar-refractivity contribution in [1.29, 1.82) is 0 Å². The summed E-state index contributed by atoms with van der Waals surface area (Å²) in [5.41, 5.74) is 1.82. The van der Waals surface area contributed by atoms with Crippen LogP contribution in [0.4, 0.5) is 17.3 Å². The summed E-state index contributed by atoms with van der Waals surface area (Å²) in [4.78, 5) is 23.8. The van der Waals surface area contributed by atoms with Crippen molar-refractivity contribution in [2.24, 2.45) is 5.14 Å². The number of nitrogens with zero attached hydrogens (tertiary/aromatic N) is 3. The van der Waals surface area contributed by atoms with Crippen LogP contribution in [-0.4, -0.2) is 29.3 Å². The van der Waals surface area contributed by atoms with Crippen molar-refractivity contribution in [3.8, 4) is 11.3 Å². The van der Waals surface area contributed by atoms with E-state index >= 15 is 0 Å². The minimum atomic E-state index is -3.94. The van der Waals surface area contributed by atoms with Crippen molar-refractivity contribution in [3.05, 3.63) is 54.9 Å². The van der Waals surface area contributed by atoms with Gasteiger partial charge in [-0.05, 0) is 24.3 Å². The van der Waals surface area contributed by atoms with Gasteiger partial charge in [0.15, 0.2) is 5.03 Å². The summed E-state index contributed by atoms with van der Waals surface area (Å²) >= 11 is 0. The normalized spacial score (nSPS) is 11.0. The summed E-state index contributed by atoms with van der Waals surface area (Å²) in [6.07, 6.45) is 3.19. The van der Waals surface area contributed by atoms with E-state index in [9.17, 15) is 13.2 Å². The summed E-state index contributed by atoms with van der Waals surface area (Å²) in [6.45, 7) is 1.37. The Balaban J connectivity index is 2.05. The van der Waals surface area contributed by atoms with Crippen molar-refractivity contribution in [2.45, 2.75) is 11.9 Å². The second-order valence-electron chi connectivity index (χ2n) is 5.54. The Kier molecular flexibility index (Phi) is 5.10. The molecule has 3 aromatic rings. The van der Waals surface area contributed by atoms with Gasteiger partial charge >= 0.3 is 0 Å². The van der Waals surface area contributed by atoms with Crippen LogP contribution in [0.25, 0.3) is 11.3 Å². The number of carbonyl (C=O) groups is 1. The van der Waals surface area contributed by atoms with Gasteiger partial charge in [0.25, 0.3) is 10.0 Å². The molecule has 0 atom stereocenters. The van der Waals surface area contributed by atoms with Crippen molar-refractivity contribution < 1.29 is 13.2 Å². The average Bonchev–Trinajstić information content (AvgIpc) is 2.62. The molecule has 4 N–H and O–H groups in total. The number of pyridine rings is 3. The number of primary sulfonamides is 1. The van der Waals surface area contributed by atoms with Crippen molar-refractivity contribution in [3.63, 3.8) is 0 Å². The Labute approximate surface area is 155 Å². The number of rotatable bonds is 5. The molecule has 0 unspecified atom stereocenters. The van der Waals surface area contributed by atoms with Crippen LogP contribution in [0.15, 0.2) is 59.9 Å². The number of hydrogen-bond acceptors (Lipinski definition) is 7. The van der Waals surface area contributed by atoms with Gasteiger partial charge in [0.1, 0.15) is 11.6 Å². The molecule has 0 aromatic carbocycles. The van der Waals surface area contributed by atoms with Crippen LogP contribution < -0.4 is 15.8 Å². The summed E-state index contributed by atoms with van der Waals surface area (Å²) in [5, 5.41) is 10.5. The molecule has 10 heteroatoms.